The lowest BCUT2D eigenvalue weighted by molar-refractivity contribution is 0.133. The molecular weight excluding hydrogens is 168 g/mol. The van der Waals surface area contributed by atoms with E-state index in [4.69, 9.17) is 4.74 Å². The van der Waals surface area contributed by atoms with Crippen LogP contribution in [0.15, 0.2) is 12.3 Å². The van der Waals surface area contributed by atoms with Gasteiger partial charge in [-0.25, -0.2) is 0 Å². The van der Waals surface area contributed by atoms with Crippen molar-refractivity contribution in [2.75, 3.05) is 13.7 Å². The van der Waals surface area contributed by atoms with Crippen LogP contribution in [0.5, 0.6) is 0 Å². The third-order valence-electron chi connectivity index (χ3n) is 1.90. The van der Waals surface area contributed by atoms with Crippen LogP contribution in [0.3, 0.4) is 0 Å². The molecule has 1 aromatic rings. The van der Waals surface area contributed by atoms with E-state index in [-0.39, 0.29) is 0 Å². The van der Waals surface area contributed by atoms with Crippen molar-refractivity contribution in [1.29, 1.82) is 0 Å². The molecule has 1 heterocycles. The van der Waals surface area contributed by atoms with Crippen molar-refractivity contribution in [2.45, 2.75) is 18.9 Å². The molecule has 0 aliphatic carbocycles. The van der Waals surface area contributed by atoms with Gasteiger partial charge < -0.3 is 9.84 Å². The summed E-state index contributed by atoms with van der Waals surface area (Å²) in [6, 6.07) is 1.83. The number of aromatic nitrogens is 2. The molecule has 0 saturated carbocycles. The van der Waals surface area contributed by atoms with E-state index in [0.717, 1.165) is 12.1 Å². The van der Waals surface area contributed by atoms with E-state index in [1.54, 1.807) is 11.8 Å². The topological polar surface area (TPSA) is 47.3 Å². The molecule has 0 aliphatic rings. The summed E-state index contributed by atoms with van der Waals surface area (Å²) in [7, 11) is 3.50. The zero-order valence-corrected chi connectivity index (χ0v) is 8.10. The Morgan fingerprint density at radius 1 is 1.69 bits per heavy atom. The van der Waals surface area contributed by atoms with Crippen LogP contribution >= 0.6 is 0 Å². The molecule has 0 saturated heterocycles. The minimum atomic E-state index is -0.462. The number of ether oxygens (including phenoxy) is 1. The van der Waals surface area contributed by atoms with Crippen LogP contribution in [0.25, 0.3) is 0 Å². The summed E-state index contributed by atoms with van der Waals surface area (Å²) in [5.74, 6) is 0. The van der Waals surface area contributed by atoms with E-state index >= 15 is 0 Å². The van der Waals surface area contributed by atoms with Crippen LogP contribution < -0.4 is 0 Å². The third-order valence-corrected chi connectivity index (χ3v) is 1.90. The molecule has 4 heteroatoms. The zero-order chi connectivity index (χ0) is 9.68. The highest BCUT2D eigenvalue weighted by Crippen LogP contribution is 2.15. The number of aliphatic hydroxyl groups excluding tert-OH is 1. The van der Waals surface area contributed by atoms with Crippen molar-refractivity contribution in [3.63, 3.8) is 0 Å². The Hall–Kier alpha value is -0.870. The van der Waals surface area contributed by atoms with Gasteiger partial charge in [0.05, 0.1) is 11.8 Å². The summed E-state index contributed by atoms with van der Waals surface area (Å²) in [5.41, 5.74) is 0.735. The number of hydrogen-bond acceptors (Lipinski definition) is 3. The standard InChI is InChI=1S/C9H16N2O2/c1-11-6-5-8(10-11)9(12)4-3-7-13-2/h5-6,9,12H,3-4,7H2,1-2H3. The molecule has 0 amide bonds. The Kier molecular flexibility index (Phi) is 3.92. The van der Waals surface area contributed by atoms with Crippen LogP contribution in [0.2, 0.25) is 0 Å². The predicted molar refractivity (Wildman–Crippen MR) is 49.3 cm³/mol. The third kappa shape index (κ3) is 3.16. The largest absolute Gasteiger partial charge is 0.387 e. The minimum Gasteiger partial charge on any atom is -0.387 e. The molecule has 1 N–H and O–H groups in total. The van der Waals surface area contributed by atoms with Crippen LogP contribution in [-0.4, -0.2) is 28.6 Å². The summed E-state index contributed by atoms with van der Waals surface area (Å²) < 4.78 is 6.59. The van der Waals surface area contributed by atoms with Crippen molar-refractivity contribution in [1.82, 2.24) is 9.78 Å². The number of aryl methyl sites for hydroxylation is 1. The predicted octanol–water partition coefficient (Wildman–Crippen LogP) is 0.880. The summed E-state index contributed by atoms with van der Waals surface area (Å²) in [4.78, 5) is 0. The molecule has 0 aliphatic heterocycles. The zero-order valence-electron chi connectivity index (χ0n) is 8.10. The molecular formula is C9H16N2O2. The van der Waals surface area contributed by atoms with Gasteiger partial charge in [0.15, 0.2) is 0 Å². The fourth-order valence-electron chi connectivity index (χ4n) is 1.18. The van der Waals surface area contributed by atoms with Gasteiger partial charge in [-0.3, -0.25) is 4.68 Å². The van der Waals surface area contributed by atoms with Gasteiger partial charge in [-0.15, -0.1) is 0 Å². The maximum absolute atomic E-state index is 9.63. The average molecular weight is 184 g/mol. The van der Waals surface area contributed by atoms with E-state index in [0.29, 0.717) is 13.0 Å². The molecule has 0 bridgehead atoms. The lowest BCUT2D eigenvalue weighted by Crippen LogP contribution is -2.01. The molecule has 1 rings (SSSR count). The molecule has 74 valence electrons. The number of nitrogens with zero attached hydrogens (tertiary/aromatic N) is 2. The maximum Gasteiger partial charge on any atom is 0.0979 e. The molecule has 13 heavy (non-hydrogen) atoms. The van der Waals surface area contributed by atoms with Crippen LogP contribution in [0.1, 0.15) is 24.6 Å². The Labute approximate surface area is 78.1 Å². The lowest BCUT2D eigenvalue weighted by atomic mass is 10.1. The van der Waals surface area contributed by atoms with Gasteiger partial charge in [0.1, 0.15) is 0 Å². The molecule has 1 atom stereocenters. The van der Waals surface area contributed by atoms with Crippen molar-refractivity contribution < 1.29 is 9.84 Å². The first-order valence-corrected chi connectivity index (χ1v) is 4.40. The van der Waals surface area contributed by atoms with Crippen molar-refractivity contribution in [3.05, 3.63) is 18.0 Å². The molecule has 1 unspecified atom stereocenters. The van der Waals surface area contributed by atoms with E-state index in [1.165, 1.54) is 0 Å². The van der Waals surface area contributed by atoms with Crippen LogP contribution in [0.4, 0.5) is 0 Å². The van der Waals surface area contributed by atoms with Gasteiger partial charge >= 0.3 is 0 Å². The van der Waals surface area contributed by atoms with Gasteiger partial charge in [0, 0.05) is 27.0 Å². The highest BCUT2D eigenvalue weighted by molar-refractivity contribution is 5.02. The van der Waals surface area contributed by atoms with Gasteiger partial charge in [0.25, 0.3) is 0 Å². The first kappa shape index (κ1) is 10.2. The quantitative estimate of drug-likeness (QED) is 0.691. The number of aliphatic hydroxyl groups is 1. The fourth-order valence-corrected chi connectivity index (χ4v) is 1.18. The van der Waals surface area contributed by atoms with E-state index in [2.05, 4.69) is 5.10 Å². The average Bonchev–Trinajstić information content (AvgIpc) is 2.52. The highest BCUT2D eigenvalue weighted by atomic mass is 16.5. The monoisotopic (exact) mass is 184 g/mol. The van der Waals surface area contributed by atoms with Crippen LogP contribution in [0, 0.1) is 0 Å². The second-order valence-electron chi connectivity index (χ2n) is 3.07. The Morgan fingerprint density at radius 2 is 2.46 bits per heavy atom. The van der Waals surface area contributed by atoms with Gasteiger partial charge in [-0.2, -0.15) is 5.10 Å². The van der Waals surface area contributed by atoms with E-state index in [1.807, 2.05) is 19.3 Å². The molecule has 1 aromatic heterocycles. The Bertz CT molecular complexity index is 248. The number of hydrogen-bond donors (Lipinski definition) is 1. The van der Waals surface area contributed by atoms with E-state index < -0.39 is 6.10 Å². The second-order valence-corrected chi connectivity index (χ2v) is 3.07. The number of rotatable bonds is 5. The van der Waals surface area contributed by atoms with Gasteiger partial charge in [0.2, 0.25) is 0 Å². The molecule has 4 nitrogen and oxygen atoms in total. The first-order valence-electron chi connectivity index (χ1n) is 4.40. The smallest absolute Gasteiger partial charge is 0.0979 e. The van der Waals surface area contributed by atoms with Crippen molar-refractivity contribution in [2.24, 2.45) is 7.05 Å². The molecule has 0 spiro atoms. The highest BCUT2D eigenvalue weighted by Gasteiger charge is 2.09. The normalized spacial score (nSPS) is 13.2. The van der Waals surface area contributed by atoms with Crippen molar-refractivity contribution in [3.8, 4) is 0 Å². The maximum atomic E-state index is 9.63. The molecule has 0 fully saturated rings. The van der Waals surface area contributed by atoms with Crippen LogP contribution in [-0.2, 0) is 11.8 Å². The fraction of sp³-hybridized carbons (Fsp3) is 0.667. The first-order chi connectivity index (χ1) is 6.24. The second kappa shape index (κ2) is 4.99. The summed E-state index contributed by atoms with van der Waals surface area (Å²) in [5, 5.41) is 13.7. The van der Waals surface area contributed by atoms with Crippen molar-refractivity contribution >= 4 is 0 Å². The summed E-state index contributed by atoms with van der Waals surface area (Å²) in [6.07, 6.45) is 2.92. The summed E-state index contributed by atoms with van der Waals surface area (Å²) >= 11 is 0. The Balaban J connectivity index is 2.35. The summed E-state index contributed by atoms with van der Waals surface area (Å²) in [6.45, 7) is 0.684. The van der Waals surface area contributed by atoms with Gasteiger partial charge in [-0.05, 0) is 18.9 Å². The lowest BCUT2D eigenvalue weighted by Gasteiger charge is -2.06. The molecule has 0 radical (unpaired) electrons. The van der Waals surface area contributed by atoms with E-state index in [9.17, 15) is 5.11 Å². The molecule has 0 aromatic carbocycles. The number of methoxy groups -OCH3 is 1. The SMILES string of the molecule is COCCCC(O)c1ccn(C)n1. The minimum absolute atomic E-state index is 0.462. The van der Waals surface area contributed by atoms with Gasteiger partial charge in [-0.1, -0.05) is 0 Å². The Morgan fingerprint density at radius 3 is 3.00 bits per heavy atom.